The Labute approximate surface area is 159 Å². The molecule has 26 heavy (non-hydrogen) atoms. The molecule has 1 fully saturated rings. The summed E-state index contributed by atoms with van der Waals surface area (Å²) in [5, 5.41) is 3.66. The number of nitrogens with one attached hydrogen (secondary N) is 1. The lowest BCUT2D eigenvalue weighted by atomic mass is 9.96. The number of methoxy groups -OCH3 is 1. The van der Waals surface area contributed by atoms with Crippen molar-refractivity contribution >= 4 is 23.3 Å². The van der Waals surface area contributed by atoms with E-state index in [1.807, 2.05) is 36.4 Å². The van der Waals surface area contributed by atoms with Crippen LogP contribution < -0.4 is 5.32 Å². The summed E-state index contributed by atoms with van der Waals surface area (Å²) in [5.41, 5.74) is 1.76. The quantitative estimate of drug-likeness (QED) is 0.860. The number of nitrogens with zero attached hydrogens (tertiary/aromatic N) is 3. The molecule has 1 aliphatic heterocycles. The average Bonchev–Trinajstić information content (AvgIpc) is 3.11. The van der Waals surface area contributed by atoms with Crippen molar-refractivity contribution < 1.29 is 9.53 Å². The predicted molar refractivity (Wildman–Crippen MR) is 103 cm³/mol. The van der Waals surface area contributed by atoms with E-state index in [4.69, 9.17) is 16.3 Å². The number of amides is 2. The van der Waals surface area contributed by atoms with E-state index in [0.29, 0.717) is 17.5 Å². The summed E-state index contributed by atoms with van der Waals surface area (Å²) < 4.78 is 7.32. The van der Waals surface area contributed by atoms with E-state index in [-0.39, 0.29) is 6.03 Å². The smallest absolute Gasteiger partial charge is 0.321 e. The topological polar surface area (TPSA) is 59.4 Å². The maximum atomic E-state index is 12.6. The molecule has 0 radical (unpaired) electrons. The molecule has 2 amide bonds. The molecular weight excluding hydrogens is 352 g/mol. The predicted octanol–water partition coefficient (Wildman–Crippen LogP) is 3.90. The van der Waals surface area contributed by atoms with Crippen LogP contribution in [0.4, 0.5) is 10.5 Å². The molecule has 140 valence electrons. The number of hydrogen-bond donors (Lipinski definition) is 1. The van der Waals surface area contributed by atoms with Gasteiger partial charge in [-0.05, 0) is 43.5 Å². The van der Waals surface area contributed by atoms with E-state index in [1.165, 1.54) is 0 Å². The van der Waals surface area contributed by atoms with Gasteiger partial charge in [0.05, 0.1) is 6.61 Å². The van der Waals surface area contributed by atoms with Gasteiger partial charge in [-0.2, -0.15) is 0 Å². The number of likely N-dealkylation sites (tertiary alicyclic amines) is 1. The Hall–Kier alpha value is -2.05. The monoisotopic (exact) mass is 376 g/mol. The van der Waals surface area contributed by atoms with Gasteiger partial charge in [-0.3, -0.25) is 0 Å². The Kier molecular flexibility index (Phi) is 6.16. The molecule has 1 saturated heterocycles. The van der Waals surface area contributed by atoms with Crippen molar-refractivity contribution in [3.8, 4) is 0 Å². The minimum atomic E-state index is -0.0587. The zero-order valence-corrected chi connectivity index (χ0v) is 16.0. The van der Waals surface area contributed by atoms with Crippen molar-refractivity contribution in [2.45, 2.75) is 32.2 Å². The molecule has 6 nitrogen and oxygen atoms in total. The third-order valence-electron chi connectivity index (χ3n) is 4.86. The number of rotatable bonds is 5. The van der Waals surface area contributed by atoms with Crippen LogP contribution >= 0.6 is 11.6 Å². The lowest BCUT2D eigenvalue weighted by molar-refractivity contribution is 0.181. The van der Waals surface area contributed by atoms with Crippen LogP contribution in [0.1, 0.15) is 30.1 Å². The zero-order valence-electron chi connectivity index (χ0n) is 15.2. The standard InChI is InChI=1S/C19H25ClN4O2/c1-14-13-16(20)3-4-17(14)22-19(25)24-8-5-15(6-9-24)18-21-7-10-23(18)11-12-26-2/h3-4,7,10,13,15H,5-6,8-9,11-12H2,1-2H3,(H,22,25). The van der Waals surface area contributed by atoms with Crippen LogP contribution in [-0.4, -0.2) is 47.3 Å². The van der Waals surface area contributed by atoms with E-state index in [0.717, 1.165) is 49.6 Å². The van der Waals surface area contributed by atoms with E-state index in [1.54, 1.807) is 13.2 Å². The summed E-state index contributed by atoms with van der Waals surface area (Å²) >= 11 is 5.97. The Balaban J connectivity index is 1.56. The molecule has 2 heterocycles. The lowest BCUT2D eigenvalue weighted by Crippen LogP contribution is -2.41. The van der Waals surface area contributed by atoms with Gasteiger partial charge in [0.15, 0.2) is 0 Å². The SMILES string of the molecule is COCCn1ccnc1C1CCN(C(=O)Nc2ccc(Cl)cc2C)CC1. The first kappa shape index (κ1) is 18.7. The number of anilines is 1. The fourth-order valence-corrected chi connectivity index (χ4v) is 3.59. The molecule has 0 aliphatic carbocycles. The minimum Gasteiger partial charge on any atom is -0.383 e. The highest BCUT2D eigenvalue weighted by atomic mass is 35.5. The van der Waals surface area contributed by atoms with Crippen molar-refractivity contribution in [1.29, 1.82) is 0 Å². The molecule has 2 aromatic rings. The summed E-state index contributed by atoms with van der Waals surface area (Å²) in [7, 11) is 1.70. The summed E-state index contributed by atoms with van der Waals surface area (Å²) in [5.74, 6) is 1.47. The molecule has 1 aromatic carbocycles. The van der Waals surface area contributed by atoms with E-state index in [9.17, 15) is 4.79 Å². The minimum absolute atomic E-state index is 0.0587. The fraction of sp³-hybridized carbons (Fsp3) is 0.474. The normalized spacial score (nSPS) is 15.3. The summed E-state index contributed by atoms with van der Waals surface area (Å²) in [4.78, 5) is 18.9. The number of urea groups is 1. The van der Waals surface area contributed by atoms with Crippen LogP contribution in [-0.2, 0) is 11.3 Å². The van der Waals surface area contributed by atoms with Crippen LogP contribution in [0.2, 0.25) is 5.02 Å². The Morgan fingerprint density at radius 1 is 1.38 bits per heavy atom. The van der Waals surface area contributed by atoms with E-state index >= 15 is 0 Å². The second-order valence-electron chi connectivity index (χ2n) is 6.62. The van der Waals surface area contributed by atoms with Crippen LogP contribution in [0.3, 0.4) is 0 Å². The summed E-state index contributed by atoms with van der Waals surface area (Å²) in [6.07, 6.45) is 5.66. The molecule has 1 aromatic heterocycles. The van der Waals surface area contributed by atoms with Crippen molar-refractivity contribution in [3.05, 3.63) is 47.0 Å². The molecule has 3 rings (SSSR count). The first-order chi connectivity index (χ1) is 12.6. The molecular formula is C19H25ClN4O2. The van der Waals surface area contributed by atoms with Crippen molar-refractivity contribution in [2.24, 2.45) is 0 Å². The number of halogens is 1. The van der Waals surface area contributed by atoms with Crippen LogP contribution in [0.5, 0.6) is 0 Å². The van der Waals surface area contributed by atoms with Gasteiger partial charge in [-0.25, -0.2) is 9.78 Å². The van der Waals surface area contributed by atoms with E-state index < -0.39 is 0 Å². The molecule has 0 atom stereocenters. The number of ether oxygens (including phenoxy) is 1. The highest BCUT2D eigenvalue weighted by Gasteiger charge is 2.26. The molecule has 0 bridgehead atoms. The first-order valence-electron chi connectivity index (χ1n) is 8.90. The van der Waals surface area contributed by atoms with Gasteiger partial charge in [0.25, 0.3) is 0 Å². The van der Waals surface area contributed by atoms with Gasteiger partial charge in [0.1, 0.15) is 5.82 Å². The van der Waals surface area contributed by atoms with Gasteiger partial charge in [0.2, 0.25) is 0 Å². The Morgan fingerprint density at radius 3 is 2.85 bits per heavy atom. The zero-order chi connectivity index (χ0) is 18.5. The van der Waals surface area contributed by atoms with Crippen LogP contribution in [0.25, 0.3) is 0 Å². The highest BCUT2D eigenvalue weighted by molar-refractivity contribution is 6.30. The number of hydrogen-bond acceptors (Lipinski definition) is 3. The number of carbonyl (C=O) groups is 1. The van der Waals surface area contributed by atoms with Crippen molar-refractivity contribution in [2.75, 3.05) is 32.1 Å². The van der Waals surface area contributed by atoms with Gasteiger partial charge in [-0.15, -0.1) is 0 Å². The van der Waals surface area contributed by atoms with Crippen molar-refractivity contribution in [1.82, 2.24) is 14.5 Å². The molecule has 0 saturated carbocycles. The number of imidazole rings is 1. The second-order valence-corrected chi connectivity index (χ2v) is 7.06. The molecule has 1 aliphatic rings. The third kappa shape index (κ3) is 4.37. The lowest BCUT2D eigenvalue weighted by Gasteiger charge is -2.32. The number of aromatic nitrogens is 2. The first-order valence-corrected chi connectivity index (χ1v) is 9.28. The molecule has 0 spiro atoms. The third-order valence-corrected chi connectivity index (χ3v) is 5.10. The highest BCUT2D eigenvalue weighted by Crippen LogP contribution is 2.27. The van der Waals surface area contributed by atoms with Crippen LogP contribution in [0, 0.1) is 6.92 Å². The van der Waals surface area contributed by atoms with Crippen LogP contribution in [0.15, 0.2) is 30.6 Å². The number of benzene rings is 1. The fourth-order valence-electron chi connectivity index (χ4n) is 3.36. The van der Waals surface area contributed by atoms with Gasteiger partial charge < -0.3 is 19.5 Å². The Bertz CT molecular complexity index is 754. The number of piperidine rings is 1. The Morgan fingerprint density at radius 2 is 2.15 bits per heavy atom. The summed E-state index contributed by atoms with van der Waals surface area (Å²) in [6.45, 7) is 4.86. The molecule has 7 heteroatoms. The number of aryl methyl sites for hydroxylation is 1. The number of carbonyl (C=O) groups excluding carboxylic acids is 1. The maximum absolute atomic E-state index is 12.6. The van der Waals surface area contributed by atoms with E-state index in [2.05, 4.69) is 14.9 Å². The van der Waals surface area contributed by atoms with Gasteiger partial charge in [-0.1, -0.05) is 11.6 Å². The largest absolute Gasteiger partial charge is 0.383 e. The maximum Gasteiger partial charge on any atom is 0.321 e. The summed E-state index contributed by atoms with van der Waals surface area (Å²) in [6, 6.07) is 5.42. The molecule has 0 unspecified atom stereocenters. The average molecular weight is 377 g/mol. The second kappa shape index (κ2) is 8.56. The van der Waals surface area contributed by atoms with Crippen molar-refractivity contribution in [3.63, 3.8) is 0 Å². The van der Waals surface area contributed by atoms with Gasteiger partial charge >= 0.3 is 6.03 Å². The molecule has 1 N–H and O–H groups in total. The van der Waals surface area contributed by atoms with Gasteiger partial charge in [0, 0.05) is 55.8 Å².